The van der Waals surface area contributed by atoms with Gasteiger partial charge in [-0.3, -0.25) is 0 Å². The molecule has 0 aliphatic carbocycles. The van der Waals surface area contributed by atoms with Crippen molar-refractivity contribution in [1.82, 2.24) is 4.57 Å². The molecule has 3 nitrogen and oxygen atoms in total. The van der Waals surface area contributed by atoms with Crippen molar-refractivity contribution < 1.29 is 4.74 Å². The summed E-state index contributed by atoms with van der Waals surface area (Å²) in [6.07, 6.45) is 6.28. The highest BCUT2D eigenvalue weighted by molar-refractivity contribution is 5.14. The van der Waals surface area contributed by atoms with Crippen LogP contribution in [-0.2, 0) is 11.3 Å². The van der Waals surface area contributed by atoms with Gasteiger partial charge in [-0.15, -0.1) is 0 Å². The van der Waals surface area contributed by atoms with E-state index in [1.54, 1.807) is 0 Å². The van der Waals surface area contributed by atoms with Crippen LogP contribution in [0.15, 0.2) is 18.5 Å². The summed E-state index contributed by atoms with van der Waals surface area (Å²) >= 11 is 0. The van der Waals surface area contributed by atoms with E-state index < -0.39 is 0 Å². The average molecular weight is 210 g/mol. The Morgan fingerprint density at radius 1 is 1.47 bits per heavy atom. The van der Waals surface area contributed by atoms with Gasteiger partial charge in [-0.05, 0) is 31.4 Å². The molecule has 1 aromatic heterocycles. The zero-order valence-electron chi connectivity index (χ0n) is 9.78. The lowest BCUT2D eigenvalue weighted by molar-refractivity contribution is 0.141. The summed E-state index contributed by atoms with van der Waals surface area (Å²) in [7, 11) is 0. The Bertz CT molecular complexity index is 270. The molecule has 1 unspecified atom stereocenters. The van der Waals surface area contributed by atoms with Crippen molar-refractivity contribution in [3.8, 4) is 0 Å². The second kappa shape index (κ2) is 6.64. The van der Waals surface area contributed by atoms with Crippen molar-refractivity contribution in [3.63, 3.8) is 0 Å². The number of aryl methyl sites for hydroxylation is 1. The fourth-order valence-corrected chi connectivity index (χ4v) is 1.55. The maximum atomic E-state index is 5.95. The number of aromatic nitrogens is 1. The summed E-state index contributed by atoms with van der Waals surface area (Å²) in [5.74, 6) is 0. The van der Waals surface area contributed by atoms with E-state index >= 15 is 0 Å². The maximum absolute atomic E-state index is 5.95. The molecule has 0 saturated heterocycles. The first-order valence-electron chi connectivity index (χ1n) is 5.77. The number of hydrogen-bond donors (Lipinski definition) is 1. The van der Waals surface area contributed by atoms with E-state index in [4.69, 9.17) is 10.5 Å². The van der Waals surface area contributed by atoms with Crippen LogP contribution in [-0.4, -0.2) is 17.8 Å². The zero-order chi connectivity index (χ0) is 11.1. The predicted molar refractivity (Wildman–Crippen MR) is 62.8 cm³/mol. The van der Waals surface area contributed by atoms with E-state index in [1.807, 2.05) is 6.92 Å². The molecule has 1 atom stereocenters. The Hall–Kier alpha value is -0.800. The zero-order valence-corrected chi connectivity index (χ0v) is 9.78. The van der Waals surface area contributed by atoms with Crippen molar-refractivity contribution in [3.05, 3.63) is 24.0 Å². The molecule has 0 fully saturated rings. The molecule has 0 saturated carbocycles. The standard InChI is InChI=1S/C12H22N2O/c1-3-12(13)11-6-8-14(10-11)7-5-9-15-4-2/h6,8,10,12H,3-5,7,9,13H2,1-2H3. The molecule has 3 heteroatoms. The van der Waals surface area contributed by atoms with E-state index in [1.165, 1.54) is 5.56 Å². The fourth-order valence-electron chi connectivity index (χ4n) is 1.55. The maximum Gasteiger partial charge on any atom is 0.0482 e. The van der Waals surface area contributed by atoms with Gasteiger partial charge in [0.25, 0.3) is 0 Å². The Kier molecular flexibility index (Phi) is 5.43. The molecular formula is C12H22N2O. The Morgan fingerprint density at radius 3 is 2.93 bits per heavy atom. The third kappa shape index (κ3) is 4.06. The number of rotatable bonds is 7. The normalized spacial score (nSPS) is 13.0. The van der Waals surface area contributed by atoms with Gasteiger partial charge < -0.3 is 15.0 Å². The van der Waals surface area contributed by atoms with Crippen LogP contribution in [0.25, 0.3) is 0 Å². The topological polar surface area (TPSA) is 40.2 Å². The molecule has 0 aliphatic rings. The van der Waals surface area contributed by atoms with Gasteiger partial charge in [-0.1, -0.05) is 6.92 Å². The molecule has 0 aromatic carbocycles. The molecule has 1 aromatic rings. The summed E-state index contributed by atoms with van der Waals surface area (Å²) in [6.45, 7) is 6.78. The molecule has 0 aliphatic heterocycles. The van der Waals surface area contributed by atoms with Crippen molar-refractivity contribution in [1.29, 1.82) is 0 Å². The monoisotopic (exact) mass is 210 g/mol. The van der Waals surface area contributed by atoms with Crippen LogP contribution in [0.1, 0.15) is 38.3 Å². The number of nitrogens with zero attached hydrogens (tertiary/aromatic N) is 1. The van der Waals surface area contributed by atoms with Crippen LogP contribution < -0.4 is 5.73 Å². The van der Waals surface area contributed by atoms with Crippen LogP contribution in [0, 0.1) is 0 Å². The van der Waals surface area contributed by atoms with E-state index in [9.17, 15) is 0 Å². The molecule has 0 radical (unpaired) electrons. The van der Waals surface area contributed by atoms with Gasteiger partial charge in [-0.25, -0.2) is 0 Å². The van der Waals surface area contributed by atoms with Gasteiger partial charge in [0, 0.05) is 38.2 Å². The number of nitrogens with two attached hydrogens (primary N) is 1. The van der Waals surface area contributed by atoms with Crippen LogP contribution in [0.3, 0.4) is 0 Å². The van der Waals surface area contributed by atoms with Crippen LogP contribution in [0.4, 0.5) is 0 Å². The molecule has 0 amide bonds. The first-order chi connectivity index (χ1) is 7.27. The molecular weight excluding hydrogens is 188 g/mol. The minimum absolute atomic E-state index is 0.179. The smallest absolute Gasteiger partial charge is 0.0482 e. The van der Waals surface area contributed by atoms with Crippen molar-refractivity contribution in [2.45, 2.75) is 39.3 Å². The second-order valence-corrected chi connectivity index (χ2v) is 3.75. The molecule has 1 rings (SSSR count). The number of hydrogen-bond acceptors (Lipinski definition) is 2. The van der Waals surface area contributed by atoms with Gasteiger partial charge in [0.05, 0.1) is 0 Å². The van der Waals surface area contributed by atoms with E-state index in [-0.39, 0.29) is 6.04 Å². The molecule has 0 bridgehead atoms. The lowest BCUT2D eigenvalue weighted by Gasteiger charge is -2.06. The van der Waals surface area contributed by atoms with Crippen molar-refractivity contribution in [2.75, 3.05) is 13.2 Å². The van der Waals surface area contributed by atoms with E-state index in [0.717, 1.165) is 32.6 Å². The highest BCUT2D eigenvalue weighted by Crippen LogP contribution is 2.13. The minimum Gasteiger partial charge on any atom is -0.382 e. The summed E-state index contributed by atoms with van der Waals surface area (Å²) < 4.78 is 7.48. The third-order valence-corrected chi connectivity index (χ3v) is 2.55. The van der Waals surface area contributed by atoms with Crippen LogP contribution in [0.5, 0.6) is 0 Å². The third-order valence-electron chi connectivity index (χ3n) is 2.55. The van der Waals surface area contributed by atoms with E-state index in [0.29, 0.717) is 0 Å². The summed E-state index contributed by atoms with van der Waals surface area (Å²) in [5, 5.41) is 0. The lowest BCUT2D eigenvalue weighted by Crippen LogP contribution is -2.07. The molecule has 15 heavy (non-hydrogen) atoms. The summed E-state index contributed by atoms with van der Waals surface area (Å²) in [5.41, 5.74) is 7.18. The Morgan fingerprint density at radius 2 is 2.27 bits per heavy atom. The van der Waals surface area contributed by atoms with Gasteiger partial charge >= 0.3 is 0 Å². The Labute approximate surface area is 92.2 Å². The van der Waals surface area contributed by atoms with Crippen molar-refractivity contribution in [2.24, 2.45) is 5.73 Å². The largest absolute Gasteiger partial charge is 0.382 e. The lowest BCUT2D eigenvalue weighted by atomic mass is 10.1. The quantitative estimate of drug-likeness (QED) is 0.702. The van der Waals surface area contributed by atoms with Gasteiger partial charge in [0.2, 0.25) is 0 Å². The molecule has 0 spiro atoms. The van der Waals surface area contributed by atoms with E-state index in [2.05, 4.69) is 30.0 Å². The first-order valence-corrected chi connectivity index (χ1v) is 5.77. The molecule has 2 N–H and O–H groups in total. The average Bonchev–Trinajstić information content (AvgIpc) is 2.72. The van der Waals surface area contributed by atoms with Gasteiger partial charge in [-0.2, -0.15) is 0 Å². The van der Waals surface area contributed by atoms with Gasteiger partial charge in [0.1, 0.15) is 0 Å². The predicted octanol–water partition coefficient (Wildman–Crippen LogP) is 2.32. The first kappa shape index (κ1) is 12.3. The highest BCUT2D eigenvalue weighted by Gasteiger charge is 2.04. The minimum atomic E-state index is 0.179. The van der Waals surface area contributed by atoms with Crippen molar-refractivity contribution >= 4 is 0 Å². The Balaban J connectivity index is 2.33. The van der Waals surface area contributed by atoms with Crippen LogP contribution in [0.2, 0.25) is 0 Å². The van der Waals surface area contributed by atoms with Crippen LogP contribution >= 0.6 is 0 Å². The number of ether oxygens (including phenoxy) is 1. The van der Waals surface area contributed by atoms with Gasteiger partial charge in [0.15, 0.2) is 0 Å². The highest BCUT2D eigenvalue weighted by atomic mass is 16.5. The fraction of sp³-hybridized carbons (Fsp3) is 0.667. The summed E-state index contributed by atoms with van der Waals surface area (Å²) in [6, 6.07) is 2.28. The second-order valence-electron chi connectivity index (χ2n) is 3.75. The molecule has 1 heterocycles. The molecule has 86 valence electrons. The summed E-state index contributed by atoms with van der Waals surface area (Å²) in [4.78, 5) is 0. The SMILES string of the molecule is CCOCCCn1ccc(C(N)CC)c1.